The van der Waals surface area contributed by atoms with Gasteiger partial charge in [0.15, 0.2) is 0 Å². The van der Waals surface area contributed by atoms with E-state index in [-0.39, 0.29) is 0 Å². The molecule has 2 aromatic carbocycles. The van der Waals surface area contributed by atoms with Crippen LogP contribution >= 0.6 is 0 Å². The van der Waals surface area contributed by atoms with Gasteiger partial charge in [0.2, 0.25) is 0 Å². The summed E-state index contributed by atoms with van der Waals surface area (Å²) in [5, 5.41) is 12.6. The lowest BCUT2D eigenvalue weighted by Crippen LogP contribution is -2.06. The van der Waals surface area contributed by atoms with Crippen LogP contribution < -0.4 is 0 Å². The van der Waals surface area contributed by atoms with Gasteiger partial charge in [0, 0.05) is 18.4 Å². The molecule has 0 spiro atoms. The van der Waals surface area contributed by atoms with Crippen molar-refractivity contribution in [3.05, 3.63) is 53.6 Å². The fourth-order valence-electron chi connectivity index (χ4n) is 2.50. The van der Waals surface area contributed by atoms with Crippen LogP contribution in [0.25, 0.3) is 16.8 Å². The Bertz CT molecular complexity index is 821. The summed E-state index contributed by atoms with van der Waals surface area (Å²) in [6.45, 7) is 0. The zero-order valence-electron chi connectivity index (χ0n) is 12.5. The van der Waals surface area contributed by atoms with E-state index in [4.69, 9.17) is 0 Å². The van der Waals surface area contributed by atoms with Gasteiger partial charge in [-0.2, -0.15) is 0 Å². The Morgan fingerprint density at radius 1 is 0.955 bits per heavy atom. The van der Waals surface area contributed by atoms with Crippen molar-refractivity contribution in [1.82, 2.24) is 0 Å². The number of fused-ring (bicyclic) bond motifs is 1. The van der Waals surface area contributed by atoms with E-state index in [2.05, 4.69) is 54.0 Å². The fourth-order valence-corrected chi connectivity index (χ4v) is 2.50. The predicted molar refractivity (Wildman–Crippen MR) is 92.0 cm³/mol. The Morgan fingerprint density at radius 3 is 2.59 bits per heavy atom. The summed E-state index contributed by atoms with van der Waals surface area (Å²) < 4.78 is 0. The monoisotopic (exact) mass is 286 g/mol. The third-order valence-corrected chi connectivity index (χ3v) is 3.72. The SMILES string of the molecule is OC1C#CCCCCC#C/C1=C\c1ccc2ccccc2c1. The van der Waals surface area contributed by atoms with Crippen LogP contribution in [-0.2, 0) is 0 Å². The second-order valence-electron chi connectivity index (χ2n) is 5.44. The first-order valence-corrected chi connectivity index (χ1v) is 7.69. The molecule has 3 rings (SSSR count). The fraction of sp³-hybridized carbons (Fsp3) is 0.238. The minimum atomic E-state index is -0.794. The van der Waals surface area contributed by atoms with Gasteiger partial charge in [-0.3, -0.25) is 0 Å². The first-order valence-electron chi connectivity index (χ1n) is 7.69. The van der Waals surface area contributed by atoms with E-state index in [1.807, 2.05) is 18.2 Å². The Hall–Kier alpha value is -2.48. The highest BCUT2D eigenvalue weighted by Crippen LogP contribution is 2.18. The molecule has 1 aliphatic carbocycles. The van der Waals surface area contributed by atoms with E-state index in [9.17, 15) is 5.11 Å². The van der Waals surface area contributed by atoms with Gasteiger partial charge in [0.1, 0.15) is 6.10 Å². The lowest BCUT2D eigenvalue weighted by atomic mass is 10.0. The first-order chi connectivity index (χ1) is 10.8. The highest BCUT2D eigenvalue weighted by Gasteiger charge is 2.06. The van der Waals surface area contributed by atoms with E-state index in [1.54, 1.807) is 0 Å². The van der Waals surface area contributed by atoms with Crippen molar-refractivity contribution in [2.75, 3.05) is 0 Å². The second-order valence-corrected chi connectivity index (χ2v) is 5.44. The minimum Gasteiger partial charge on any atom is -0.375 e. The van der Waals surface area contributed by atoms with Crippen LogP contribution in [0.1, 0.15) is 31.2 Å². The number of aliphatic hydroxyl groups is 1. The molecule has 22 heavy (non-hydrogen) atoms. The lowest BCUT2D eigenvalue weighted by molar-refractivity contribution is 0.274. The molecular formula is C21H18O. The smallest absolute Gasteiger partial charge is 0.147 e. The molecule has 1 heteroatoms. The number of hydrogen-bond donors (Lipinski definition) is 1. The van der Waals surface area contributed by atoms with Gasteiger partial charge < -0.3 is 5.11 Å². The number of benzene rings is 2. The average Bonchev–Trinajstić information content (AvgIpc) is 2.55. The van der Waals surface area contributed by atoms with Gasteiger partial charge in [-0.25, -0.2) is 0 Å². The topological polar surface area (TPSA) is 20.2 Å². The molecule has 0 saturated heterocycles. The molecule has 1 atom stereocenters. The van der Waals surface area contributed by atoms with E-state index in [0.717, 1.165) is 31.2 Å². The van der Waals surface area contributed by atoms with Crippen molar-refractivity contribution >= 4 is 16.8 Å². The molecule has 0 aromatic heterocycles. The third kappa shape index (κ3) is 3.59. The highest BCUT2D eigenvalue weighted by atomic mass is 16.3. The number of aliphatic hydroxyl groups excluding tert-OH is 1. The summed E-state index contributed by atoms with van der Waals surface area (Å²) in [5.74, 6) is 12.2. The molecule has 1 aliphatic rings. The lowest BCUT2D eigenvalue weighted by Gasteiger charge is -2.05. The zero-order chi connectivity index (χ0) is 15.2. The van der Waals surface area contributed by atoms with Gasteiger partial charge in [-0.05, 0) is 41.3 Å². The quantitative estimate of drug-likeness (QED) is 0.780. The molecule has 0 heterocycles. The van der Waals surface area contributed by atoms with Crippen LogP contribution in [0.15, 0.2) is 48.0 Å². The van der Waals surface area contributed by atoms with Crippen molar-refractivity contribution < 1.29 is 5.11 Å². The van der Waals surface area contributed by atoms with Gasteiger partial charge >= 0.3 is 0 Å². The minimum absolute atomic E-state index is 0.685. The van der Waals surface area contributed by atoms with Crippen molar-refractivity contribution in [1.29, 1.82) is 0 Å². The maximum Gasteiger partial charge on any atom is 0.147 e. The normalized spacial score (nSPS) is 19.9. The summed E-state index contributed by atoms with van der Waals surface area (Å²) in [4.78, 5) is 0. The highest BCUT2D eigenvalue weighted by molar-refractivity contribution is 5.85. The predicted octanol–water partition coefficient (Wildman–Crippen LogP) is 4.16. The summed E-state index contributed by atoms with van der Waals surface area (Å²) in [5.41, 5.74) is 1.73. The molecule has 0 radical (unpaired) electrons. The van der Waals surface area contributed by atoms with Crippen molar-refractivity contribution in [3.8, 4) is 23.7 Å². The van der Waals surface area contributed by atoms with E-state index >= 15 is 0 Å². The maximum atomic E-state index is 10.2. The number of rotatable bonds is 1. The second kappa shape index (κ2) is 6.99. The molecule has 0 bridgehead atoms. The largest absolute Gasteiger partial charge is 0.375 e. The van der Waals surface area contributed by atoms with Crippen LogP contribution in [0.3, 0.4) is 0 Å². The van der Waals surface area contributed by atoms with Crippen LogP contribution in [-0.4, -0.2) is 11.2 Å². The van der Waals surface area contributed by atoms with Crippen molar-refractivity contribution in [2.45, 2.75) is 31.8 Å². The summed E-state index contributed by atoms with van der Waals surface area (Å²) in [7, 11) is 0. The van der Waals surface area contributed by atoms with Crippen LogP contribution in [0, 0.1) is 23.7 Å². The van der Waals surface area contributed by atoms with E-state index in [1.165, 1.54) is 10.8 Å². The van der Waals surface area contributed by atoms with Crippen LogP contribution in [0.4, 0.5) is 0 Å². The molecule has 108 valence electrons. The van der Waals surface area contributed by atoms with E-state index < -0.39 is 6.10 Å². The molecule has 2 aromatic rings. The molecule has 0 fully saturated rings. The summed E-state index contributed by atoms with van der Waals surface area (Å²) in [6.07, 6.45) is 4.97. The Kier molecular flexibility index (Phi) is 4.59. The van der Waals surface area contributed by atoms with E-state index in [0.29, 0.717) is 5.57 Å². The Balaban J connectivity index is 1.98. The maximum absolute atomic E-state index is 10.2. The van der Waals surface area contributed by atoms with Gasteiger partial charge in [-0.1, -0.05) is 54.2 Å². The van der Waals surface area contributed by atoms with Crippen LogP contribution in [0.2, 0.25) is 0 Å². The van der Waals surface area contributed by atoms with Gasteiger partial charge in [-0.15, -0.1) is 5.92 Å². The third-order valence-electron chi connectivity index (χ3n) is 3.72. The Morgan fingerprint density at radius 2 is 1.73 bits per heavy atom. The van der Waals surface area contributed by atoms with Gasteiger partial charge in [0.05, 0.1) is 0 Å². The molecule has 1 unspecified atom stereocenters. The standard InChI is InChI=1S/C21H18O/c22-21-12-6-4-2-1-3-5-11-20(21)16-17-13-14-18-9-7-8-10-19(18)15-17/h7-10,13-16,21-22H,1-4H2/b20-16+. The molecule has 1 nitrogen and oxygen atoms in total. The first kappa shape index (κ1) is 14.5. The molecule has 0 aliphatic heterocycles. The van der Waals surface area contributed by atoms with Crippen molar-refractivity contribution in [2.24, 2.45) is 0 Å². The number of hydrogen-bond acceptors (Lipinski definition) is 1. The van der Waals surface area contributed by atoms with Gasteiger partial charge in [0.25, 0.3) is 0 Å². The van der Waals surface area contributed by atoms with Crippen molar-refractivity contribution in [3.63, 3.8) is 0 Å². The molecule has 0 amide bonds. The van der Waals surface area contributed by atoms with Crippen LogP contribution in [0.5, 0.6) is 0 Å². The Labute approximate surface area is 131 Å². The summed E-state index contributed by atoms with van der Waals surface area (Å²) in [6, 6.07) is 14.5. The molecule has 1 N–H and O–H groups in total. The zero-order valence-corrected chi connectivity index (χ0v) is 12.5. The summed E-state index contributed by atoms with van der Waals surface area (Å²) >= 11 is 0. The molecule has 0 saturated carbocycles. The molecular weight excluding hydrogens is 268 g/mol. The average molecular weight is 286 g/mol.